The van der Waals surface area contributed by atoms with Gasteiger partial charge in [-0.25, -0.2) is 0 Å². The number of carbonyl (C=O) groups excluding carboxylic acids is 2. The van der Waals surface area contributed by atoms with Crippen molar-refractivity contribution in [1.29, 1.82) is 0 Å². The highest BCUT2D eigenvalue weighted by atomic mass is 35.5. The summed E-state index contributed by atoms with van der Waals surface area (Å²) < 4.78 is 1.80. The van der Waals surface area contributed by atoms with Gasteiger partial charge < -0.3 is 9.88 Å². The molecule has 11 heteroatoms. The first-order valence-electron chi connectivity index (χ1n) is 8.77. The van der Waals surface area contributed by atoms with Gasteiger partial charge in [-0.3, -0.25) is 20.4 Å². The Bertz CT molecular complexity index is 1020. The molecule has 0 radical (unpaired) electrons. The van der Waals surface area contributed by atoms with E-state index in [0.29, 0.717) is 33.1 Å². The lowest BCUT2D eigenvalue weighted by Crippen LogP contribution is -2.42. The van der Waals surface area contributed by atoms with Crippen molar-refractivity contribution in [2.75, 3.05) is 11.1 Å². The molecule has 0 unspecified atom stereocenters. The lowest BCUT2D eigenvalue weighted by atomic mass is 10.2. The minimum atomic E-state index is -0.431. The number of hydrogen-bond donors (Lipinski definition) is 3. The Balaban J connectivity index is 1.45. The Morgan fingerprint density at radius 2 is 1.60 bits per heavy atom. The third kappa shape index (κ3) is 6.12. The van der Waals surface area contributed by atoms with Crippen LogP contribution in [0.1, 0.15) is 16.2 Å². The Labute approximate surface area is 187 Å². The van der Waals surface area contributed by atoms with E-state index < -0.39 is 5.91 Å². The molecule has 0 atom stereocenters. The van der Waals surface area contributed by atoms with Crippen molar-refractivity contribution in [3.05, 3.63) is 70.0 Å². The Morgan fingerprint density at radius 1 is 0.967 bits per heavy atom. The fourth-order valence-corrected chi connectivity index (χ4v) is 3.32. The van der Waals surface area contributed by atoms with Crippen LogP contribution in [0.4, 0.5) is 5.69 Å². The Kier molecular flexibility index (Phi) is 7.56. The Morgan fingerprint density at radius 3 is 2.27 bits per heavy atom. The molecule has 3 rings (SSSR count). The van der Waals surface area contributed by atoms with Crippen molar-refractivity contribution in [3.8, 4) is 0 Å². The van der Waals surface area contributed by atoms with Crippen molar-refractivity contribution < 1.29 is 9.59 Å². The second-order valence-electron chi connectivity index (χ2n) is 6.12. The van der Waals surface area contributed by atoms with Gasteiger partial charge in [-0.05, 0) is 48.5 Å². The predicted molar refractivity (Wildman–Crippen MR) is 118 cm³/mol. The lowest BCUT2D eigenvalue weighted by Gasteiger charge is -2.08. The molecular weight excluding hydrogens is 447 g/mol. The van der Waals surface area contributed by atoms with E-state index in [-0.39, 0.29) is 11.7 Å². The van der Waals surface area contributed by atoms with Crippen LogP contribution in [0.5, 0.6) is 0 Å². The van der Waals surface area contributed by atoms with Crippen LogP contribution in [0.3, 0.4) is 0 Å². The fraction of sp³-hybridized carbons (Fsp3) is 0.158. The number of hydrogen-bond acceptors (Lipinski definition) is 6. The molecule has 3 aromatic rings. The third-order valence-electron chi connectivity index (χ3n) is 3.97. The van der Waals surface area contributed by atoms with Crippen molar-refractivity contribution in [1.82, 2.24) is 25.6 Å². The highest BCUT2D eigenvalue weighted by Gasteiger charge is 2.12. The second-order valence-corrected chi connectivity index (χ2v) is 7.93. The molecule has 0 spiro atoms. The molecule has 0 bridgehead atoms. The summed E-state index contributed by atoms with van der Waals surface area (Å²) in [5.41, 5.74) is 6.03. The van der Waals surface area contributed by atoms with Gasteiger partial charge >= 0.3 is 0 Å². The largest absolute Gasteiger partial charge is 0.378 e. The number of amides is 2. The van der Waals surface area contributed by atoms with Gasteiger partial charge in [0.1, 0.15) is 0 Å². The maximum atomic E-state index is 12.0. The van der Waals surface area contributed by atoms with E-state index in [2.05, 4.69) is 26.4 Å². The van der Waals surface area contributed by atoms with Crippen LogP contribution >= 0.6 is 35.0 Å². The SMILES string of the molecule is Cn1c(CNc2ccc(Cl)cc2)nnc1SCC(=O)NNC(=O)c1ccc(Cl)cc1. The van der Waals surface area contributed by atoms with E-state index in [9.17, 15) is 9.59 Å². The number of carbonyl (C=O) groups is 2. The van der Waals surface area contributed by atoms with E-state index in [1.54, 1.807) is 41.0 Å². The second kappa shape index (κ2) is 10.3. The topological polar surface area (TPSA) is 101 Å². The first kappa shape index (κ1) is 21.9. The van der Waals surface area contributed by atoms with Crippen molar-refractivity contribution >= 4 is 52.5 Å². The van der Waals surface area contributed by atoms with Crippen LogP contribution in [0.2, 0.25) is 10.0 Å². The van der Waals surface area contributed by atoms with Crippen molar-refractivity contribution in [2.45, 2.75) is 11.7 Å². The van der Waals surface area contributed by atoms with Gasteiger partial charge in [0.25, 0.3) is 5.91 Å². The van der Waals surface area contributed by atoms with Crippen LogP contribution in [0.25, 0.3) is 0 Å². The lowest BCUT2D eigenvalue weighted by molar-refractivity contribution is -0.119. The molecule has 0 fully saturated rings. The summed E-state index contributed by atoms with van der Waals surface area (Å²) >= 11 is 12.9. The minimum absolute atomic E-state index is 0.0669. The molecule has 1 aromatic heterocycles. The van der Waals surface area contributed by atoms with Gasteiger partial charge in [-0.1, -0.05) is 35.0 Å². The summed E-state index contributed by atoms with van der Waals surface area (Å²) in [5.74, 6) is -0.0217. The molecule has 2 aromatic carbocycles. The molecular formula is C19H18Cl2N6O2S. The zero-order chi connectivity index (χ0) is 21.5. The van der Waals surface area contributed by atoms with Gasteiger partial charge in [-0.15, -0.1) is 10.2 Å². The number of nitrogens with zero attached hydrogens (tertiary/aromatic N) is 3. The monoisotopic (exact) mass is 464 g/mol. The zero-order valence-electron chi connectivity index (χ0n) is 15.9. The van der Waals surface area contributed by atoms with Crippen LogP contribution < -0.4 is 16.2 Å². The highest BCUT2D eigenvalue weighted by Crippen LogP contribution is 2.17. The Hall–Kier alpha value is -2.75. The van der Waals surface area contributed by atoms with Crippen molar-refractivity contribution in [3.63, 3.8) is 0 Å². The number of thioether (sulfide) groups is 1. The number of halogens is 2. The summed E-state index contributed by atoms with van der Waals surface area (Å²) in [6, 6.07) is 13.7. The number of hydrazine groups is 1. The number of rotatable bonds is 7. The van der Waals surface area contributed by atoms with E-state index in [1.807, 2.05) is 19.2 Å². The van der Waals surface area contributed by atoms with Crippen LogP contribution in [-0.4, -0.2) is 32.3 Å². The van der Waals surface area contributed by atoms with E-state index in [0.717, 1.165) is 5.69 Å². The molecule has 0 saturated heterocycles. The normalized spacial score (nSPS) is 10.5. The molecule has 0 aliphatic rings. The van der Waals surface area contributed by atoms with E-state index in [1.165, 1.54) is 11.8 Å². The smallest absolute Gasteiger partial charge is 0.269 e. The van der Waals surface area contributed by atoms with Gasteiger partial charge in [0.2, 0.25) is 5.91 Å². The van der Waals surface area contributed by atoms with Gasteiger partial charge in [-0.2, -0.15) is 0 Å². The molecule has 30 heavy (non-hydrogen) atoms. The predicted octanol–water partition coefficient (Wildman–Crippen LogP) is 3.29. The van der Waals surface area contributed by atoms with Gasteiger partial charge in [0, 0.05) is 28.3 Å². The average Bonchev–Trinajstić information content (AvgIpc) is 3.10. The molecule has 156 valence electrons. The number of aromatic nitrogens is 3. The summed E-state index contributed by atoms with van der Waals surface area (Å²) in [7, 11) is 1.82. The maximum absolute atomic E-state index is 12.0. The van der Waals surface area contributed by atoms with Crippen molar-refractivity contribution in [2.24, 2.45) is 7.05 Å². The van der Waals surface area contributed by atoms with Crippen LogP contribution in [-0.2, 0) is 18.4 Å². The number of anilines is 1. The summed E-state index contributed by atoms with van der Waals surface area (Å²) in [6.07, 6.45) is 0. The zero-order valence-corrected chi connectivity index (χ0v) is 18.2. The quantitative estimate of drug-likeness (QED) is 0.366. The molecule has 0 saturated carbocycles. The van der Waals surface area contributed by atoms with E-state index in [4.69, 9.17) is 23.2 Å². The summed E-state index contributed by atoms with van der Waals surface area (Å²) in [5, 5.41) is 13.3. The van der Waals surface area contributed by atoms with Crippen LogP contribution in [0.15, 0.2) is 53.7 Å². The standard InChI is InChI=1S/C19H18Cl2N6O2S/c1-27-16(10-22-15-8-6-14(21)7-9-15)23-26-19(27)30-11-17(28)24-25-18(29)12-2-4-13(20)5-3-12/h2-9,22H,10-11H2,1H3,(H,24,28)(H,25,29). The van der Waals surface area contributed by atoms with Crippen LogP contribution in [0, 0.1) is 0 Å². The first-order valence-corrected chi connectivity index (χ1v) is 10.5. The number of nitrogens with one attached hydrogen (secondary N) is 3. The molecule has 0 aliphatic heterocycles. The van der Waals surface area contributed by atoms with E-state index >= 15 is 0 Å². The molecule has 1 heterocycles. The summed E-state index contributed by atoms with van der Waals surface area (Å²) in [6.45, 7) is 0.467. The molecule has 3 N–H and O–H groups in total. The highest BCUT2D eigenvalue weighted by molar-refractivity contribution is 7.99. The first-order chi connectivity index (χ1) is 14.4. The minimum Gasteiger partial charge on any atom is -0.378 e. The number of benzene rings is 2. The third-order valence-corrected chi connectivity index (χ3v) is 5.50. The molecule has 0 aliphatic carbocycles. The average molecular weight is 465 g/mol. The maximum Gasteiger partial charge on any atom is 0.269 e. The molecule has 8 nitrogen and oxygen atoms in total. The van der Waals surface area contributed by atoms with Gasteiger partial charge in [0.05, 0.1) is 12.3 Å². The molecule has 2 amide bonds. The fourth-order valence-electron chi connectivity index (χ4n) is 2.34. The van der Waals surface area contributed by atoms with Gasteiger partial charge in [0.15, 0.2) is 11.0 Å². The summed E-state index contributed by atoms with van der Waals surface area (Å²) in [4.78, 5) is 24.0.